The molecule has 0 bridgehead atoms. The minimum absolute atomic E-state index is 0.0365. The highest BCUT2D eigenvalue weighted by Gasteiger charge is 2.34. The molecular formula is C26H30N2O6. The number of methoxy groups -OCH3 is 1. The quantitative estimate of drug-likeness (QED) is 0.550. The van der Waals surface area contributed by atoms with Gasteiger partial charge in [0.05, 0.1) is 12.5 Å². The molecule has 0 aliphatic heterocycles. The molecule has 1 fully saturated rings. The molecule has 2 aliphatic carbocycles. The first-order valence-corrected chi connectivity index (χ1v) is 11.6. The number of alkyl carbamates (subject to hydrolysis) is 1. The summed E-state index contributed by atoms with van der Waals surface area (Å²) in [6, 6.07) is 15.9. The van der Waals surface area contributed by atoms with Crippen LogP contribution < -0.4 is 10.6 Å². The van der Waals surface area contributed by atoms with Crippen LogP contribution in [0.2, 0.25) is 0 Å². The van der Waals surface area contributed by atoms with E-state index in [4.69, 9.17) is 14.6 Å². The summed E-state index contributed by atoms with van der Waals surface area (Å²) < 4.78 is 10.5. The first-order chi connectivity index (χ1) is 16.5. The third-order valence-corrected chi connectivity index (χ3v) is 6.77. The van der Waals surface area contributed by atoms with E-state index >= 15 is 0 Å². The van der Waals surface area contributed by atoms with Gasteiger partial charge in [-0.2, -0.15) is 0 Å². The molecule has 4 rings (SSSR count). The first kappa shape index (κ1) is 23.8. The summed E-state index contributed by atoms with van der Waals surface area (Å²) >= 11 is 0. The van der Waals surface area contributed by atoms with E-state index in [1.165, 1.54) is 7.11 Å². The van der Waals surface area contributed by atoms with Gasteiger partial charge in [-0.05, 0) is 35.1 Å². The van der Waals surface area contributed by atoms with Crippen molar-refractivity contribution >= 4 is 18.0 Å². The van der Waals surface area contributed by atoms with Gasteiger partial charge in [-0.3, -0.25) is 4.79 Å². The summed E-state index contributed by atoms with van der Waals surface area (Å²) in [6.45, 7) is 0.0798. The van der Waals surface area contributed by atoms with Gasteiger partial charge in [-0.25, -0.2) is 9.59 Å². The number of hydrogen-bond acceptors (Lipinski definition) is 5. The predicted octanol–water partition coefficient (Wildman–Crippen LogP) is 3.30. The zero-order valence-corrected chi connectivity index (χ0v) is 19.2. The topological polar surface area (TPSA) is 114 Å². The first-order valence-electron chi connectivity index (χ1n) is 11.6. The van der Waals surface area contributed by atoms with Gasteiger partial charge in [0.25, 0.3) is 0 Å². The number of carbonyl (C=O) groups excluding carboxylic acids is 2. The van der Waals surface area contributed by atoms with E-state index in [0.29, 0.717) is 12.8 Å². The molecule has 34 heavy (non-hydrogen) atoms. The van der Waals surface area contributed by atoms with E-state index in [0.717, 1.165) is 35.1 Å². The molecule has 0 saturated heterocycles. The molecule has 0 aromatic heterocycles. The molecule has 180 valence electrons. The minimum Gasteiger partial charge on any atom is -0.479 e. The highest BCUT2D eigenvalue weighted by molar-refractivity contribution is 5.82. The van der Waals surface area contributed by atoms with Crippen LogP contribution in [0.4, 0.5) is 4.79 Å². The maximum atomic E-state index is 12.7. The summed E-state index contributed by atoms with van der Waals surface area (Å²) in [5, 5.41) is 14.6. The minimum atomic E-state index is -1.14. The summed E-state index contributed by atoms with van der Waals surface area (Å²) in [7, 11) is 1.28. The molecule has 3 N–H and O–H groups in total. The molecule has 1 unspecified atom stereocenters. The van der Waals surface area contributed by atoms with E-state index in [1.807, 2.05) is 24.3 Å². The Bertz CT molecular complexity index is 1010. The van der Waals surface area contributed by atoms with Crippen LogP contribution in [0, 0.1) is 5.92 Å². The Morgan fingerprint density at radius 1 is 1.00 bits per heavy atom. The van der Waals surface area contributed by atoms with E-state index in [9.17, 15) is 14.4 Å². The van der Waals surface area contributed by atoms with E-state index in [-0.39, 0.29) is 31.0 Å². The number of rotatable bonds is 8. The molecule has 8 nitrogen and oxygen atoms in total. The predicted molar refractivity (Wildman–Crippen MR) is 125 cm³/mol. The second-order valence-corrected chi connectivity index (χ2v) is 8.78. The number of benzene rings is 2. The van der Waals surface area contributed by atoms with Crippen LogP contribution in [-0.4, -0.2) is 55.5 Å². The third kappa shape index (κ3) is 5.07. The molecule has 3 atom stereocenters. The highest BCUT2D eigenvalue weighted by atomic mass is 16.5. The second kappa shape index (κ2) is 10.7. The van der Waals surface area contributed by atoms with Gasteiger partial charge in [0.15, 0.2) is 6.10 Å². The Kier molecular flexibility index (Phi) is 7.47. The monoisotopic (exact) mass is 466 g/mol. The number of carbonyl (C=O) groups is 3. The number of aliphatic carboxylic acids is 1. The number of carboxylic acid groups (broad SMARTS) is 1. The molecular weight excluding hydrogens is 436 g/mol. The van der Waals surface area contributed by atoms with Crippen molar-refractivity contribution in [1.29, 1.82) is 0 Å². The standard InChI is InChI=1S/C26H30N2O6/c1-33-23(25(30)31)14-27-24(29)20-12-6-7-13-22(20)28-26(32)34-15-21-18-10-4-2-8-16(18)17-9-3-5-11-19(17)21/h2-5,8-11,20-23H,6-7,12-15H2,1H3,(H,27,29)(H,28,32)(H,30,31)/t20-,22+,23?/m0/s1. The fourth-order valence-corrected chi connectivity index (χ4v) is 5.00. The Hall–Kier alpha value is -3.39. The van der Waals surface area contributed by atoms with E-state index in [2.05, 4.69) is 34.9 Å². The maximum absolute atomic E-state index is 12.7. The summed E-state index contributed by atoms with van der Waals surface area (Å²) in [4.78, 5) is 36.5. The van der Waals surface area contributed by atoms with Crippen LogP contribution in [0.25, 0.3) is 11.1 Å². The average molecular weight is 467 g/mol. The lowest BCUT2D eigenvalue weighted by Crippen LogP contribution is -2.50. The van der Waals surface area contributed by atoms with Crippen molar-refractivity contribution in [3.63, 3.8) is 0 Å². The molecule has 1 saturated carbocycles. The number of nitrogens with one attached hydrogen (secondary N) is 2. The maximum Gasteiger partial charge on any atom is 0.407 e. The molecule has 0 radical (unpaired) electrons. The fraction of sp³-hybridized carbons (Fsp3) is 0.423. The van der Waals surface area contributed by atoms with Crippen molar-refractivity contribution in [2.24, 2.45) is 5.92 Å². The molecule has 0 spiro atoms. The molecule has 2 aromatic rings. The van der Waals surface area contributed by atoms with Gasteiger partial charge < -0.3 is 25.2 Å². The summed E-state index contributed by atoms with van der Waals surface area (Å²) in [5.41, 5.74) is 4.59. The Labute approximate surface area is 198 Å². The fourth-order valence-electron chi connectivity index (χ4n) is 5.00. The van der Waals surface area contributed by atoms with Crippen molar-refractivity contribution in [3.05, 3.63) is 59.7 Å². The summed E-state index contributed by atoms with van der Waals surface area (Å²) in [6.07, 6.45) is 1.38. The lowest BCUT2D eigenvalue weighted by atomic mass is 9.84. The van der Waals surface area contributed by atoms with Crippen LogP contribution >= 0.6 is 0 Å². The normalized spacial score (nSPS) is 20.0. The number of hydrogen-bond donors (Lipinski definition) is 3. The van der Waals surface area contributed by atoms with Gasteiger partial charge in [-0.15, -0.1) is 0 Å². The molecule has 2 aromatic carbocycles. The smallest absolute Gasteiger partial charge is 0.407 e. The van der Waals surface area contributed by atoms with Gasteiger partial charge in [0, 0.05) is 19.1 Å². The highest BCUT2D eigenvalue weighted by Crippen LogP contribution is 2.44. The van der Waals surface area contributed by atoms with Gasteiger partial charge in [0.2, 0.25) is 5.91 Å². The van der Waals surface area contributed by atoms with Crippen molar-refractivity contribution in [3.8, 4) is 11.1 Å². The largest absolute Gasteiger partial charge is 0.479 e. The number of fused-ring (bicyclic) bond motifs is 3. The third-order valence-electron chi connectivity index (χ3n) is 6.77. The van der Waals surface area contributed by atoms with Crippen LogP contribution in [-0.2, 0) is 19.1 Å². The van der Waals surface area contributed by atoms with Gasteiger partial charge in [-0.1, -0.05) is 61.4 Å². The lowest BCUT2D eigenvalue weighted by Gasteiger charge is -2.31. The van der Waals surface area contributed by atoms with Crippen LogP contribution in [0.5, 0.6) is 0 Å². The zero-order valence-electron chi connectivity index (χ0n) is 19.2. The number of ether oxygens (including phenoxy) is 2. The Morgan fingerprint density at radius 3 is 2.24 bits per heavy atom. The van der Waals surface area contributed by atoms with E-state index < -0.39 is 24.1 Å². The van der Waals surface area contributed by atoms with Gasteiger partial charge in [0.1, 0.15) is 6.61 Å². The number of amides is 2. The van der Waals surface area contributed by atoms with Crippen molar-refractivity contribution in [2.75, 3.05) is 20.3 Å². The Balaban J connectivity index is 1.36. The molecule has 2 amide bonds. The van der Waals surface area contributed by atoms with Crippen molar-refractivity contribution in [1.82, 2.24) is 10.6 Å². The van der Waals surface area contributed by atoms with Crippen molar-refractivity contribution < 1.29 is 29.0 Å². The molecule has 8 heteroatoms. The van der Waals surface area contributed by atoms with Crippen molar-refractivity contribution in [2.45, 2.75) is 43.7 Å². The van der Waals surface area contributed by atoms with Crippen LogP contribution in [0.15, 0.2) is 48.5 Å². The number of carboxylic acids is 1. The average Bonchev–Trinajstić information content (AvgIpc) is 3.17. The zero-order chi connectivity index (χ0) is 24.1. The SMILES string of the molecule is COC(CNC(=O)[C@H]1CCCC[C@H]1NC(=O)OCC1c2ccccc2-c2ccccc21)C(=O)O. The van der Waals surface area contributed by atoms with E-state index in [1.54, 1.807) is 0 Å². The molecule has 2 aliphatic rings. The van der Waals surface area contributed by atoms with Crippen LogP contribution in [0.3, 0.4) is 0 Å². The van der Waals surface area contributed by atoms with Gasteiger partial charge >= 0.3 is 12.1 Å². The Morgan fingerprint density at radius 2 is 1.62 bits per heavy atom. The lowest BCUT2D eigenvalue weighted by molar-refractivity contribution is -0.148. The molecule has 0 heterocycles. The van der Waals surface area contributed by atoms with Crippen LogP contribution in [0.1, 0.15) is 42.7 Å². The summed E-state index contributed by atoms with van der Waals surface area (Å²) in [5.74, 6) is -1.90. The second-order valence-electron chi connectivity index (χ2n) is 8.78.